The minimum Gasteiger partial charge on any atom is -0.482 e. The van der Waals surface area contributed by atoms with Crippen molar-refractivity contribution in [3.05, 3.63) is 53.1 Å². The molecular weight excluding hydrogens is 428 g/mol. The standard InChI is InChI=1S/C23H20N4O6/c1-26-16-5-2-12(9-18(16)33-11-20(26)29)21(30)24-14-3-4-15-13(8-14)10-27(23(15)32)17-6-7-19(28)25-22(17)31/h2-5,8-9,17H,6-7,10-11H2,1H3,(H,24,30)(H,25,28,31). The van der Waals surface area contributed by atoms with Crippen molar-refractivity contribution in [1.82, 2.24) is 10.2 Å². The quantitative estimate of drug-likeness (QED) is 0.677. The molecule has 2 aromatic rings. The van der Waals surface area contributed by atoms with Gasteiger partial charge in [-0.1, -0.05) is 0 Å². The monoisotopic (exact) mass is 448 g/mol. The van der Waals surface area contributed by atoms with Gasteiger partial charge in [-0.05, 0) is 48.4 Å². The van der Waals surface area contributed by atoms with Crippen LogP contribution < -0.4 is 20.3 Å². The van der Waals surface area contributed by atoms with E-state index in [-0.39, 0.29) is 49.6 Å². The van der Waals surface area contributed by atoms with Crippen molar-refractivity contribution >= 4 is 40.9 Å². The van der Waals surface area contributed by atoms with Crippen LogP contribution in [-0.4, -0.2) is 54.1 Å². The van der Waals surface area contributed by atoms with Crippen LogP contribution in [0.4, 0.5) is 11.4 Å². The van der Waals surface area contributed by atoms with Crippen molar-refractivity contribution in [3.63, 3.8) is 0 Å². The van der Waals surface area contributed by atoms with Crippen molar-refractivity contribution < 1.29 is 28.7 Å². The maximum Gasteiger partial charge on any atom is 0.264 e. The Balaban J connectivity index is 1.32. The maximum atomic E-state index is 12.8. The van der Waals surface area contributed by atoms with E-state index in [1.165, 1.54) is 9.80 Å². The van der Waals surface area contributed by atoms with E-state index in [2.05, 4.69) is 10.6 Å². The number of rotatable bonds is 3. The zero-order valence-electron chi connectivity index (χ0n) is 17.7. The Morgan fingerprint density at radius 3 is 2.73 bits per heavy atom. The summed E-state index contributed by atoms with van der Waals surface area (Å²) in [7, 11) is 1.65. The van der Waals surface area contributed by atoms with E-state index < -0.39 is 11.9 Å². The minimum absolute atomic E-state index is 0.0862. The van der Waals surface area contributed by atoms with Crippen molar-refractivity contribution in [3.8, 4) is 5.75 Å². The Kier molecular flexibility index (Phi) is 4.85. The van der Waals surface area contributed by atoms with Gasteiger partial charge in [-0.3, -0.25) is 29.3 Å². The summed E-state index contributed by atoms with van der Waals surface area (Å²) in [6.07, 6.45) is 0.474. The van der Waals surface area contributed by atoms with Gasteiger partial charge in [0.15, 0.2) is 6.61 Å². The van der Waals surface area contributed by atoms with E-state index in [0.717, 1.165) is 0 Å². The molecular formula is C23H20N4O6. The second-order valence-corrected chi connectivity index (χ2v) is 8.15. The van der Waals surface area contributed by atoms with Gasteiger partial charge < -0.3 is 19.9 Å². The van der Waals surface area contributed by atoms with E-state index in [1.807, 2.05) is 0 Å². The molecule has 0 aliphatic carbocycles. The van der Waals surface area contributed by atoms with Gasteiger partial charge in [-0.15, -0.1) is 0 Å². The van der Waals surface area contributed by atoms with Crippen LogP contribution >= 0.6 is 0 Å². The molecule has 1 unspecified atom stereocenters. The van der Waals surface area contributed by atoms with Gasteiger partial charge in [0, 0.05) is 36.8 Å². The Labute approximate surface area is 188 Å². The third kappa shape index (κ3) is 3.59. The molecule has 2 N–H and O–H groups in total. The van der Waals surface area contributed by atoms with Gasteiger partial charge in [-0.25, -0.2) is 0 Å². The topological polar surface area (TPSA) is 125 Å². The van der Waals surface area contributed by atoms with Gasteiger partial charge in [0.2, 0.25) is 11.8 Å². The van der Waals surface area contributed by atoms with Crippen LogP contribution in [0.5, 0.6) is 5.75 Å². The average molecular weight is 448 g/mol. The number of fused-ring (bicyclic) bond motifs is 2. The highest BCUT2D eigenvalue weighted by Crippen LogP contribution is 2.33. The number of benzene rings is 2. The maximum absolute atomic E-state index is 12.8. The third-order valence-corrected chi connectivity index (χ3v) is 6.09. The number of likely N-dealkylation sites (N-methyl/N-ethyl adjacent to an activating group) is 1. The lowest BCUT2D eigenvalue weighted by Crippen LogP contribution is -2.52. The number of nitrogens with one attached hydrogen (secondary N) is 2. The van der Waals surface area contributed by atoms with Gasteiger partial charge in [-0.2, -0.15) is 0 Å². The lowest BCUT2D eigenvalue weighted by molar-refractivity contribution is -0.137. The van der Waals surface area contributed by atoms with Crippen LogP contribution in [0, 0.1) is 0 Å². The summed E-state index contributed by atoms with van der Waals surface area (Å²) in [5, 5.41) is 5.09. The number of nitrogens with zero attached hydrogens (tertiary/aromatic N) is 2. The van der Waals surface area contributed by atoms with Crippen LogP contribution in [0.25, 0.3) is 0 Å². The Morgan fingerprint density at radius 1 is 1.12 bits per heavy atom. The van der Waals surface area contributed by atoms with E-state index in [9.17, 15) is 24.0 Å². The van der Waals surface area contributed by atoms with Crippen LogP contribution in [0.1, 0.15) is 39.1 Å². The zero-order chi connectivity index (χ0) is 23.3. The van der Waals surface area contributed by atoms with Gasteiger partial charge in [0.25, 0.3) is 17.7 Å². The van der Waals surface area contributed by atoms with Crippen LogP contribution in [-0.2, 0) is 20.9 Å². The fraction of sp³-hybridized carbons (Fsp3) is 0.261. The van der Waals surface area contributed by atoms with E-state index >= 15 is 0 Å². The van der Waals surface area contributed by atoms with Crippen molar-refractivity contribution in [2.24, 2.45) is 0 Å². The fourth-order valence-electron chi connectivity index (χ4n) is 4.27. The number of hydrogen-bond donors (Lipinski definition) is 2. The number of carbonyl (C=O) groups excluding carboxylic acids is 5. The van der Waals surface area contributed by atoms with Gasteiger partial charge in [0.05, 0.1) is 5.69 Å². The van der Waals surface area contributed by atoms with E-state index in [4.69, 9.17) is 4.74 Å². The summed E-state index contributed by atoms with van der Waals surface area (Å²) < 4.78 is 5.44. The van der Waals surface area contributed by atoms with E-state index in [1.54, 1.807) is 43.4 Å². The molecule has 1 fully saturated rings. The second-order valence-electron chi connectivity index (χ2n) is 8.15. The minimum atomic E-state index is -0.693. The molecule has 0 bridgehead atoms. The molecule has 3 aliphatic rings. The molecule has 0 spiro atoms. The number of hydrogen-bond acceptors (Lipinski definition) is 6. The number of carbonyl (C=O) groups is 5. The first-order valence-electron chi connectivity index (χ1n) is 10.4. The predicted molar refractivity (Wildman–Crippen MR) is 116 cm³/mol. The predicted octanol–water partition coefficient (Wildman–Crippen LogP) is 1.06. The lowest BCUT2D eigenvalue weighted by Gasteiger charge is -2.29. The molecule has 0 aromatic heterocycles. The molecule has 0 saturated carbocycles. The summed E-state index contributed by atoms with van der Waals surface area (Å²) >= 11 is 0. The number of ether oxygens (including phenoxy) is 1. The molecule has 3 heterocycles. The van der Waals surface area contributed by atoms with Crippen LogP contribution in [0.15, 0.2) is 36.4 Å². The zero-order valence-corrected chi connectivity index (χ0v) is 17.7. The first-order valence-corrected chi connectivity index (χ1v) is 10.4. The third-order valence-electron chi connectivity index (χ3n) is 6.09. The molecule has 2 aromatic carbocycles. The number of amides is 5. The molecule has 0 radical (unpaired) electrons. The van der Waals surface area contributed by atoms with Crippen molar-refractivity contribution in [1.29, 1.82) is 0 Å². The average Bonchev–Trinajstić information content (AvgIpc) is 3.11. The summed E-state index contributed by atoms with van der Waals surface area (Å²) in [5.74, 6) is -1.17. The largest absolute Gasteiger partial charge is 0.482 e. The highest BCUT2D eigenvalue weighted by Gasteiger charge is 2.39. The number of anilines is 2. The highest BCUT2D eigenvalue weighted by atomic mass is 16.5. The van der Waals surface area contributed by atoms with Crippen molar-refractivity contribution in [2.75, 3.05) is 23.9 Å². The highest BCUT2D eigenvalue weighted by molar-refractivity contribution is 6.08. The summed E-state index contributed by atoms with van der Waals surface area (Å²) in [6.45, 7) is 0.133. The Bertz CT molecular complexity index is 1240. The second kappa shape index (κ2) is 7.73. The summed E-state index contributed by atoms with van der Waals surface area (Å²) in [6, 6.07) is 9.10. The first kappa shape index (κ1) is 20.7. The number of imide groups is 1. The molecule has 33 heavy (non-hydrogen) atoms. The first-order chi connectivity index (χ1) is 15.8. The summed E-state index contributed by atoms with van der Waals surface area (Å²) in [4.78, 5) is 63.9. The van der Waals surface area contributed by atoms with Crippen LogP contribution in [0.2, 0.25) is 0 Å². The smallest absolute Gasteiger partial charge is 0.264 e. The van der Waals surface area contributed by atoms with Crippen molar-refractivity contribution in [2.45, 2.75) is 25.4 Å². The fourth-order valence-corrected chi connectivity index (χ4v) is 4.27. The summed E-state index contributed by atoms with van der Waals surface area (Å²) in [5.41, 5.74) is 2.61. The molecule has 3 aliphatic heterocycles. The van der Waals surface area contributed by atoms with Crippen LogP contribution in [0.3, 0.4) is 0 Å². The van der Waals surface area contributed by atoms with E-state index in [0.29, 0.717) is 33.8 Å². The number of piperidine rings is 1. The molecule has 10 heteroatoms. The SMILES string of the molecule is CN1C(=O)COc2cc(C(=O)Nc3ccc4c(c3)CN(C3CCC(=O)NC3=O)C4=O)ccc21. The molecule has 5 rings (SSSR count). The molecule has 1 atom stereocenters. The molecule has 10 nitrogen and oxygen atoms in total. The van der Waals surface area contributed by atoms with Gasteiger partial charge >= 0.3 is 0 Å². The Morgan fingerprint density at radius 2 is 1.94 bits per heavy atom. The van der Waals surface area contributed by atoms with Gasteiger partial charge in [0.1, 0.15) is 11.8 Å². The Hall–Kier alpha value is -4.21. The lowest BCUT2D eigenvalue weighted by atomic mass is 10.0. The molecule has 5 amide bonds. The normalized spacial score (nSPS) is 19.6. The molecule has 1 saturated heterocycles. The molecule has 168 valence electrons.